The number of carbonyl (C=O) groups excluding carboxylic acids is 7. The van der Waals surface area contributed by atoms with E-state index in [1.54, 1.807) is 0 Å². The number of halogens is 3. The summed E-state index contributed by atoms with van der Waals surface area (Å²) in [4.78, 5) is 83.6. The van der Waals surface area contributed by atoms with E-state index in [1.807, 2.05) is 249 Å². The van der Waals surface area contributed by atoms with Gasteiger partial charge < -0.3 is 40.1 Å². The van der Waals surface area contributed by atoms with Crippen LogP contribution in [0.1, 0.15) is 276 Å². The first kappa shape index (κ1) is 97.1. The Hall–Kier alpha value is -4.27. The molecule has 8 aliphatic rings. The molecule has 0 amide bonds. The van der Waals surface area contributed by atoms with Gasteiger partial charge in [-0.1, -0.05) is 292 Å². The lowest BCUT2D eigenvalue weighted by atomic mass is 9.42. The third kappa shape index (κ3) is 32.2. The van der Waals surface area contributed by atoms with E-state index in [-0.39, 0.29) is 96.5 Å². The number of benzene rings is 4. The van der Waals surface area contributed by atoms with Gasteiger partial charge in [-0.3, -0.25) is 33.6 Å². The third-order valence-corrected chi connectivity index (χ3v) is 23.8. The molecule has 8 fully saturated rings. The number of Topliss-reactive ketones (excluding diaryl/α,β-unsaturated/α-hetero) is 7. The highest BCUT2D eigenvalue weighted by Gasteiger charge is 2.57. The highest BCUT2D eigenvalue weighted by molar-refractivity contribution is 9.11. The Bertz CT molecular complexity index is 3510. The number of ketones is 7. The molecule has 14 N–H and O–H groups in total. The van der Waals surface area contributed by atoms with Gasteiger partial charge in [-0.2, -0.15) is 0 Å². The van der Waals surface area contributed by atoms with Gasteiger partial charge >= 0.3 is 0 Å². The Morgan fingerprint density at radius 3 is 0.936 bits per heavy atom. The first-order valence-electron chi connectivity index (χ1n) is 40.2. The fraction of sp³-hybridized carbons (Fsp3) is 0.663. The number of nitrogens with two attached hydrogens (primary N) is 7. The zero-order valence-corrected chi connectivity index (χ0v) is 75.5. The van der Waals surface area contributed by atoms with Gasteiger partial charge in [0.2, 0.25) is 0 Å². The summed E-state index contributed by atoms with van der Waals surface area (Å²) in [6.07, 6.45) is 22.2. The van der Waals surface area contributed by atoms with Crippen molar-refractivity contribution in [2.24, 2.45) is 118 Å². The summed E-state index contributed by atoms with van der Waals surface area (Å²) in [5.41, 5.74) is 44.5. The summed E-state index contributed by atoms with van der Waals surface area (Å²) in [6.45, 7) is 40.4. The maximum Gasteiger partial charge on any atom is 0.159 e. The maximum atomic E-state index is 12.4. The van der Waals surface area contributed by atoms with E-state index < -0.39 is 24.2 Å². The Morgan fingerprint density at radius 1 is 0.339 bits per heavy atom. The zero-order chi connectivity index (χ0) is 83.0. The fourth-order valence-corrected chi connectivity index (χ4v) is 18.5. The predicted octanol–water partition coefficient (Wildman–Crippen LogP) is 19.3. The Morgan fingerprint density at radius 2 is 0.624 bits per heavy atom. The van der Waals surface area contributed by atoms with E-state index in [2.05, 4.69) is 47.8 Å². The number of hydrogen-bond donors (Lipinski definition) is 7. The second-order valence-corrected chi connectivity index (χ2v) is 43.3. The molecule has 6 bridgehead atoms. The van der Waals surface area contributed by atoms with Crippen LogP contribution in [-0.2, 0) is 52.8 Å². The highest BCUT2D eigenvalue weighted by atomic mass is 79.9. The van der Waals surface area contributed by atoms with E-state index in [9.17, 15) is 33.6 Å². The van der Waals surface area contributed by atoms with Crippen molar-refractivity contribution in [3.8, 4) is 0 Å². The molecule has 610 valence electrons. The summed E-state index contributed by atoms with van der Waals surface area (Å²) < 4.78 is 3.00. The predicted molar refractivity (Wildman–Crippen MR) is 462 cm³/mol. The number of rotatable bonds is 20. The van der Waals surface area contributed by atoms with Crippen molar-refractivity contribution in [3.63, 3.8) is 0 Å². The lowest BCUT2D eigenvalue weighted by Crippen LogP contribution is -2.56. The molecule has 0 spiro atoms. The van der Waals surface area contributed by atoms with E-state index in [0.717, 1.165) is 78.6 Å². The van der Waals surface area contributed by atoms with Crippen LogP contribution in [0.3, 0.4) is 0 Å². The second kappa shape index (κ2) is 40.8. The zero-order valence-electron chi connectivity index (χ0n) is 70.7. The van der Waals surface area contributed by atoms with Crippen LogP contribution >= 0.6 is 47.8 Å². The lowest BCUT2D eigenvalue weighted by molar-refractivity contribution is -0.138. The van der Waals surface area contributed by atoms with Gasteiger partial charge in [-0.05, 0) is 189 Å². The molecule has 17 heteroatoms. The molecule has 0 aromatic heterocycles. The SMILES string of the molecule is CC(C)(C)C(=O)[C@@H](N)CC12CC(C1)C2.CC(C)(C)C(=O)[C@@H](N)CC12CC3CC(CC(C3)C1)C2.CC(C)(C)C(=O)[C@@H](N)CC1CCCC1.CC(C)(C)C(=O)[C@@H](N)Cc1cc(Br)cc(Br)c1.CC(C)(C)C(=O)[C@@H](N)Cc1ccc(Br)cc1.CC(C)(C)C(=O)[C@@H](N)Cc1ccccc1.CC(C)(C)C(=O)[C@@H](N)c1ccccc1. The normalized spacial score (nSPS) is 22.6. The van der Waals surface area contributed by atoms with Crippen LogP contribution in [0.2, 0.25) is 0 Å². The maximum absolute atomic E-state index is 12.4. The molecule has 8 aliphatic carbocycles. The van der Waals surface area contributed by atoms with Crippen molar-refractivity contribution in [1.29, 1.82) is 0 Å². The first-order chi connectivity index (χ1) is 49.8. The summed E-state index contributed by atoms with van der Waals surface area (Å²) in [6, 6.07) is 30.7. The van der Waals surface area contributed by atoms with E-state index in [0.29, 0.717) is 36.0 Å². The minimum atomic E-state index is -0.504. The minimum absolute atomic E-state index is 0.0729. The highest BCUT2D eigenvalue weighted by Crippen LogP contribution is 2.67. The molecular weight excluding hydrogens is 1550 g/mol. The topological polar surface area (TPSA) is 302 Å². The van der Waals surface area contributed by atoms with Gasteiger partial charge in [0.05, 0.1) is 42.3 Å². The van der Waals surface area contributed by atoms with Crippen LogP contribution < -0.4 is 40.1 Å². The van der Waals surface area contributed by atoms with Gasteiger partial charge in [0.15, 0.2) is 40.5 Å². The summed E-state index contributed by atoms with van der Waals surface area (Å²) in [7, 11) is 0. The van der Waals surface area contributed by atoms with Gasteiger partial charge in [0.25, 0.3) is 0 Å². The van der Waals surface area contributed by atoms with Crippen LogP contribution in [0.25, 0.3) is 0 Å². The molecular formula is C92H144Br3N7O7. The third-order valence-electron chi connectivity index (χ3n) is 22.4. The first-order valence-corrected chi connectivity index (χ1v) is 42.6. The molecule has 0 unspecified atom stereocenters. The van der Waals surface area contributed by atoms with E-state index >= 15 is 0 Å². The summed E-state index contributed by atoms with van der Waals surface area (Å²) in [5.74, 6) is 5.60. The molecule has 0 heterocycles. The number of carbonyl (C=O) groups is 7. The monoisotopic (exact) mass is 1700 g/mol. The molecule has 7 atom stereocenters. The molecule has 14 nitrogen and oxygen atoms in total. The molecule has 4 aromatic carbocycles. The van der Waals surface area contributed by atoms with Gasteiger partial charge in [0.1, 0.15) is 0 Å². The van der Waals surface area contributed by atoms with Crippen molar-refractivity contribution < 1.29 is 33.6 Å². The quantitative estimate of drug-likeness (QED) is 0.0433. The second-order valence-electron chi connectivity index (χ2n) is 40.5. The smallest absolute Gasteiger partial charge is 0.159 e. The standard InChI is InChI=1S/C17H29NO.C13H17Br2NO.C13H18BrNO.C13H19NO.C12H21NO.C12H23NO.C12H17NO/c1-16(2,3)15(19)14(18)10-17-7-11-4-12(8-17)6-13(5-11)9-17;1-13(2,3)12(17)11(16)6-8-4-9(14)7-10(15)5-8;1-13(2,3)12(16)11(15)8-9-4-6-10(14)7-5-9;1-13(2,3)12(15)11(14)9-10-7-5-4-6-8-10;1-11(2,3)10(14)9(13)7-12-4-8(5-12)6-12;1-12(2,3)11(14)10(13)8-9-6-4-5-7-9;1-12(2,3)11(14)10(13)9-7-5-4-6-8-9/h11-14H,4-10,18H2,1-3H3;4-5,7,11H,6,16H2,1-3H3;4-7,11H,8,15H2,1-3H3;4-8,11H,9,14H2,1-3H3;8-9H,4-7,13H2,1-3H3;9-10H,4-8,13H2,1-3H3;4-8,10H,13H2,1-3H3/t11?,12?,13?,14-,17?;3*11-;8?,9-,12?;2*10-/m0000000/s1. The van der Waals surface area contributed by atoms with Crippen LogP contribution in [-0.4, -0.2) is 76.7 Å². The average Bonchev–Trinajstić information content (AvgIpc) is 0.760. The largest absolute Gasteiger partial charge is 0.321 e. The average molecular weight is 1700 g/mol. The van der Waals surface area contributed by atoms with Crippen molar-refractivity contribution in [1.82, 2.24) is 0 Å². The van der Waals surface area contributed by atoms with Crippen molar-refractivity contribution in [2.45, 2.75) is 310 Å². The molecule has 12 rings (SSSR count). The van der Waals surface area contributed by atoms with Crippen molar-refractivity contribution in [3.05, 3.63) is 139 Å². The molecule has 0 aliphatic heterocycles. The minimum Gasteiger partial charge on any atom is -0.321 e. The van der Waals surface area contributed by atoms with Crippen LogP contribution in [0.5, 0.6) is 0 Å². The molecule has 8 saturated carbocycles. The van der Waals surface area contributed by atoms with Crippen LogP contribution in [0.15, 0.2) is 117 Å². The molecule has 0 saturated heterocycles. The fourth-order valence-electron chi connectivity index (χ4n) is 16.9. The Balaban J connectivity index is 0.000000269. The summed E-state index contributed by atoms with van der Waals surface area (Å²) in [5, 5.41) is 0. The van der Waals surface area contributed by atoms with Gasteiger partial charge in [-0.25, -0.2) is 0 Å². The lowest BCUT2D eigenvalue weighted by Gasteiger charge is -2.63. The molecule has 4 aromatic rings. The van der Waals surface area contributed by atoms with Crippen LogP contribution in [0, 0.1) is 78.3 Å². The number of hydrogen-bond acceptors (Lipinski definition) is 14. The van der Waals surface area contributed by atoms with Crippen LogP contribution in [0.4, 0.5) is 0 Å². The van der Waals surface area contributed by atoms with Gasteiger partial charge in [-0.15, -0.1) is 0 Å². The van der Waals surface area contributed by atoms with E-state index in [4.69, 9.17) is 40.1 Å². The van der Waals surface area contributed by atoms with Gasteiger partial charge in [0, 0.05) is 51.3 Å². The summed E-state index contributed by atoms with van der Waals surface area (Å²) >= 11 is 10.2. The Kier molecular flexibility index (Phi) is 36.4. The van der Waals surface area contributed by atoms with E-state index in [1.165, 1.54) is 83.5 Å². The van der Waals surface area contributed by atoms with Crippen molar-refractivity contribution >= 4 is 88.3 Å². The Labute approximate surface area is 684 Å². The van der Waals surface area contributed by atoms with Crippen molar-refractivity contribution in [2.75, 3.05) is 0 Å². The molecule has 0 radical (unpaired) electrons. The molecule has 109 heavy (non-hydrogen) atoms.